The number of halogens is 1. The Morgan fingerprint density at radius 1 is 1.33 bits per heavy atom. The van der Waals surface area contributed by atoms with Gasteiger partial charge in [-0.15, -0.1) is 0 Å². The van der Waals surface area contributed by atoms with Gasteiger partial charge in [0.05, 0.1) is 0 Å². The van der Waals surface area contributed by atoms with Gasteiger partial charge in [0.25, 0.3) is 0 Å². The van der Waals surface area contributed by atoms with Gasteiger partial charge in [0, 0.05) is 0 Å². The van der Waals surface area contributed by atoms with Crippen molar-refractivity contribution >= 4 is 21.7 Å². The van der Waals surface area contributed by atoms with E-state index in [1.165, 1.54) is 18.2 Å². The minimum absolute atomic E-state index is 0.236. The Hall–Kier alpha value is -1.49. The summed E-state index contributed by atoms with van der Waals surface area (Å²) in [6.45, 7) is 1.15. The smallest absolute Gasteiger partial charge is 0.213 e. The molecule has 78 valence electrons. The Morgan fingerprint density at radius 2 is 2.00 bits per heavy atom. The Labute approximate surface area is 86.1 Å². The predicted octanol–water partition coefficient (Wildman–Crippen LogP) is 1.54. The fraction of sp³-hybridized carbons (Fsp3) is 0.100. The highest BCUT2D eigenvalue weighted by molar-refractivity contribution is 7.96. The van der Waals surface area contributed by atoms with Gasteiger partial charge in [-0.3, -0.25) is 4.79 Å². The largest absolute Gasteiger partial charge is 0.294 e. The second kappa shape index (κ2) is 3.00. The minimum Gasteiger partial charge on any atom is -0.294 e. The molecule has 2 rings (SSSR count). The number of benzene rings is 1. The molecule has 0 saturated heterocycles. The highest BCUT2D eigenvalue weighted by atomic mass is 32.2. The Bertz CT molecular complexity index is 585. The van der Waals surface area contributed by atoms with Crippen LogP contribution >= 0.6 is 0 Å². The third-order valence-corrected chi connectivity index (χ3v) is 4.14. The number of allylic oxidation sites excluding steroid dienone is 1. The lowest BCUT2D eigenvalue weighted by molar-refractivity contribution is -0.112. The molecule has 1 aliphatic rings. The zero-order valence-corrected chi connectivity index (χ0v) is 8.64. The van der Waals surface area contributed by atoms with Crippen molar-refractivity contribution in [3.63, 3.8) is 0 Å². The van der Waals surface area contributed by atoms with Gasteiger partial charge in [-0.25, -0.2) is 12.8 Å². The van der Waals surface area contributed by atoms with Crippen LogP contribution < -0.4 is 0 Å². The first-order valence-electron chi connectivity index (χ1n) is 4.21. The second-order valence-electron chi connectivity index (χ2n) is 3.23. The van der Waals surface area contributed by atoms with Crippen LogP contribution in [0, 0.1) is 5.82 Å². The van der Waals surface area contributed by atoms with Crippen LogP contribution in [0.25, 0.3) is 6.08 Å². The molecule has 0 N–H and O–H groups in total. The van der Waals surface area contributed by atoms with Crippen molar-refractivity contribution in [1.82, 2.24) is 0 Å². The SMILES string of the molecule is CC(=O)C1=Cc2cccc(F)c2S1(=O)=O. The molecule has 15 heavy (non-hydrogen) atoms. The van der Waals surface area contributed by atoms with E-state index in [2.05, 4.69) is 0 Å². The lowest BCUT2D eigenvalue weighted by atomic mass is 10.2. The van der Waals surface area contributed by atoms with Crippen LogP contribution in [0.4, 0.5) is 4.39 Å². The van der Waals surface area contributed by atoms with E-state index in [4.69, 9.17) is 0 Å². The quantitative estimate of drug-likeness (QED) is 0.729. The summed E-state index contributed by atoms with van der Waals surface area (Å²) in [5.41, 5.74) is 0.236. The van der Waals surface area contributed by atoms with Crippen molar-refractivity contribution in [3.8, 4) is 0 Å². The predicted molar refractivity (Wildman–Crippen MR) is 52.2 cm³/mol. The zero-order valence-electron chi connectivity index (χ0n) is 7.82. The number of rotatable bonds is 1. The van der Waals surface area contributed by atoms with Gasteiger partial charge < -0.3 is 0 Å². The summed E-state index contributed by atoms with van der Waals surface area (Å²) in [4.78, 5) is 10.3. The molecule has 0 bridgehead atoms. The van der Waals surface area contributed by atoms with Crippen molar-refractivity contribution in [3.05, 3.63) is 34.5 Å². The van der Waals surface area contributed by atoms with Gasteiger partial charge in [0.1, 0.15) is 15.6 Å². The summed E-state index contributed by atoms with van der Waals surface area (Å²) in [7, 11) is -3.94. The highest BCUT2D eigenvalue weighted by Crippen LogP contribution is 2.34. The average molecular weight is 226 g/mol. The molecule has 3 nitrogen and oxygen atoms in total. The fourth-order valence-corrected chi connectivity index (χ4v) is 3.18. The molecule has 1 heterocycles. The van der Waals surface area contributed by atoms with Crippen LogP contribution in [-0.4, -0.2) is 14.2 Å². The molecule has 0 saturated carbocycles. The third-order valence-electron chi connectivity index (χ3n) is 2.19. The molecule has 0 atom stereocenters. The summed E-state index contributed by atoms with van der Waals surface area (Å²) >= 11 is 0. The average Bonchev–Trinajstić information content (AvgIpc) is 2.39. The van der Waals surface area contributed by atoms with Crippen molar-refractivity contribution in [2.45, 2.75) is 11.8 Å². The Morgan fingerprint density at radius 3 is 2.53 bits per heavy atom. The first-order chi connectivity index (χ1) is 6.94. The fourth-order valence-electron chi connectivity index (χ4n) is 1.54. The first-order valence-corrected chi connectivity index (χ1v) is 5.69. The van der Waals surface area contributed by atoms with Crippen LogP contribution in [0.1, 0.15) is 12.5 Å². The zero-order chi connectivity index (χ0) is 11.2. The van der Waals surface area contributed by atoms with E-state index < -0.39 is 26.3 Å². The summed E-state index contributed by atoms with van der Waals surface area (Å²) < 4.78 is 36.7. The lowest BCUT2D eigenvalue weighted by Gasteiger charge is -2.01. The van der Waals surface area contributed by atoms with Gasteiger partial charge in [0.15, 0.2) is 5.78 Å². The number of ketones is 1. The Kier molecular flexibility index (Phi) is 2.01. The summed E-state index contributed by atoms with van der Waals surface area (Å²) in [5.74, 6) is -1.40. The van der Waals surface area contributed by atoms with Crippen molar-refractivity contribution in [2.24, 2.45) is 0 Å². The molecule has 0 unspecified atom stereocenters. The van der Waals surface area contributed by atoms with E-state index in [9.17, 15) is 17.6 Å². The molecule has 0 radical (unpaired) electrons. The monoisotopic (exact) mass is 226 g/mol. The Balaban J connectivity index is 2.80. The van der Waals surface area contributed by atoms with E-state index in [-0.39, 0.29) is 10.5 Å². The van der Waals surface area contributed by atoms with Crippen LogP contribution in [0.3, 0.4) is 0 Å². The van der Waals surface area contributed by atoms with Crippen molar-refractivity contribution in [1.29, 1.82) is 0 Å². The van der Waals surface area contributed by atoms with Gasteiger partial charge in [0.2, 0.25) is 9.84 Å². The molecule has 1 aromatic carbocycles. The number of Topliss-reactive ketones (excluding diaryl/α,β-unsaturated/α-hetero) is 1. The maximum absolute atomic E-state index is 13.3. The molecular weight excluding hydrogens is 219 g/mol. The minimum atomic E-state index is -3.94. The summed E-state index contributed by atoms with van der Waals surface area (Å²) in [6.07, 6.45) is 1.20. The highest BCUT2D eigenvalue weighted by Gasteiger charge is 2.34. The second-order valence-corrected chi connectivity index (χ2v) is 5.08. The van der Waals surface area contributed by atoms with Crippen molar-refractivity contribution in [2.75, 3.05) is 0 Å². The van der Waals surface area contributed by atoms with Gasteiger partial charge >= 0.3 is 0 Å². The summed E-state index contributed by atoms with van der Waals surface area (Å²) in [5, 5.41) is 0. The van der Waals surface area contributed by atoms with Gasteiger partial charge in [-0.2, -0.15) is 0 Å². The standard InChI is InChI=1S/C10H7FO3S/c1-6(12)9-5-7-3-2-4-8(11)10(7)15(9,13)14/h2-5H,1H3. The van der Waals surface area contributed by atoms with Crippen LogP contribution in [0.5, 0.6) is 0 Å². The number of fused-ring (bicyclic) bond motifs is 1. The van der Waals surface area contributed by atoms with E-state index in [0.29, 0.717) is 0 Å². The molecule has 1 aliphatic heterocycles. The molecule has 0 amide bonds. The van der Waals surface area contributed by atoms with Crippen molar-refractivity contribution < 1.29 is 17.6 Å². The van der Waals surface area contributed by atoms with Gasteiger partial charge in [-0.1, -0.05) is 12.1 Å². The van der Waals surface area contributed by atoms with Gasteiger partial charge in [-0.05, 0) is 24.6 Å². The number of sulfone groups is 1. The number of carbonyl (C=O) groups is 1. The molecule has 0 aromatic heterocycles. The lowest BCUT2D eigenvalue weighted by Crippen LogP contribution is -2.08. The van der Waals surface area contributed by atoms with E-state index in [1.54, 1.807) is 0 Å². The molecule has 5 heteroatoms. The van der Waals surface area contributed by atoms with E-state index in [1.807, 2.05) is 0 Å². The third kappa shape index (κ3) is 1.31. The maximum Gasteiger partial charge on any atom is 0.213 e. The first kappa shape index (κ1) is 10.0. The molecule has 1 aromatic rings. The van der Waals surface area contributed by atoms with Crippen LogP contribution in [-0.2, 0) is 14.6 Å². The molecule has 0 fully saturated rings. The number of carbonyl (C=O) groups excluding carboxylic acids is 1. The van der Waals surface area contributed by atoms with Crippen LogP contribution in [0.2, 0.25) is 0 Å². The summed E-state index contributed by atoms with van der Waals surface area (Å²) in [6, 6.07) is 3.93. The maximum atomic E-state index is 13.3. The molecule has 0 spiro atoms. The normalized spacial score (nSPS) is 17.1. The number of hydrogen-bond acceptors (Lipinski definition) is 3. The number of hydrogen-bond donors (Lipinski definition) is 0. The molecular formula is C10H7FO3S. The molecule has 0 aliphatic carbocycles. The topological polar surface area (TPSA) is 51.2 Å². The van der Waals surface area contributed by atoms with E-state index in [0.717, 1.165) is 13.0 Å². The van der Waals surface area contributed by atoms with Crippen LogP contribution in [0.15, 0.2) is 28.0 Å². The van der Waals surface area contributed by atoms with E-state index >= 15 is 0 Å².